The van der Waals surface area contributed by atoms with Crippen molar-refractivity contribution in [2.45, 2.75) is 46.0 Å². The summed E-state index contributed by atoms with van der Waals surface area (Å²) >= 11 is 0. The minimum atomic E-state index is 0.613. The lowest BCUT2D eigenvalue weighted by atomic mass is 9.96. The van der Waals surface area contributed by atoms with Gasteiger partial charge in [-0.3, -0.25) is 0 Å². The zero-order valence-corrected chi connectivity index (χ0v) is 13.1. The van der Waals surface area contributed by atoms with Crippen molar-refractivity contribution in [2.75, 3.05) is 26.7 Å². The predicted molar refractivity (Wildman–Crippen MR) is 84.8 cm³/mol. The van der Waals surface area contributed by atoms with Gasteiger partial charge in [-0.05, 0) is 68.9 Å². The number of rotatable bonds is 8. The number of hydrogen-bond donors (Lipinski definition) is 1. The first-order valence-electron chi connectivity index (χ1n) is 7.52. The van der Waals surface area contributed by atoms with Crippen molar-refractivity contribution in [3.05, 3.63) is 34.9 Å². The van der Waals surface area contributed by atoms with Gasteiger partial charge >= 0.3 is 0 Å². The van der Waals surface area contributed by atoms with E-state index in [-0.39, 0.29) is 0 Å². The second-order valence-electron chi connectivity index (χ2n) is 5.89. The van der Waals surface area contributed by atoms with E-state index in [1.165, 1.54) is 23.1 Å². The number of nitrogens with two attached hydrogens (primary N) is 1. The molecule has 0 amide bonds. The second-order valence-corrected chi connectivity index (χ2v) is 5.89. The summed E-state index contributed by atoms with van der Waals surface area (Å²) in [5.74, 6) is 0.613. The van der Waals surface area contributed by atoms with E-state index in [0.29, 0.717) is 5.92 Å². The summed E-state index contributed by atoms with van der Waals surface area (Å²) in [6.07, 6.45) is 3.48. The number of hydrogen-bond acceptors (Lipinski definition) is 2. The lowest BCUT2D eigenvalue weighted by Crippen LogP contribution is -2.23. The molecule has 0 radical (unpaired) electrons. The molecule has 0 aliphatic carbocycles. The largest absolute Gasteiger partial charge is 0.330 e. The van der Waals surface area contributed by atoms with E-state index < -0.39 is 0 Å². The maximum Gasteiger partial charge on any atom is 0.00189 e. The Balaban J connectivity index is 2.50. The number of benzene rings is 1. The van der Waals surface area contributed by atoms with Crippen LogP contribution in [0, 0.1) is 6.92 Å². The molecule has 0 heterocycles. The molecule has 0 atom stereocenters. The van der Waals surface area contributed by atoms with Crippen molar-refractivity contribution in [2.24, 2.45) is 5.73 Å². The van der Waals surface area contributed by atoms with Crippen LogP contribution in [0.2, 0.25) is 0 Å². The molecule has 0 aromatic heterocycles. The molecule has 1 aromatic carbocycles. The molecule has 2 nitrogen and oxygen atoms in total. The van der Waals surface area contributed by atoms with Crippen molar-refractivity contribution < 1.29 is 0 Å². The average Bonchev–Trinajstić information content (AvgIpc) is 2.37. The minimum absolute atomic E-state index is 0.613. The Kier molecular flexibility index (Phi) is 7.11. The Labute approximate surface area is 119 Å². The first-order chi connectivity index (χ1) is 9.04. The first kappa shape index (κ1) is 16.2. The van der Waals surface area contributed by atoms with Crippen molar-refractivity contribution in [3.63, 3.8) is 0 Å². The average molecular weight is 262 g/mol. The zero-order chi connectivity index (χ0) is 14.3. The van der Waals surface area contributed by atoms with Gasteiger partial charge in [-0.1, -0.05) is 32.0 Å². The van der Waals surface area contributed by atoms with Crippen LogP contribution >= 0.6 is 0 Å². The van der Waals surface area contributed by atoms with Crippen LogP contribution in [0.25, 0.3) is 0 Å². The van der Waals surface area contributed by atoms with E-state index >= 15 is 0 Å². The molecule has 0 spiro atoms. The summed E-state index contributed by atoms with van der Waals surface area (Å²) in [6.45, 7) is 9.82. The molecular formula is C17H30N2. The van der Waals surface area contributed by atoms with E-state index in [1.54, 1.807) is 0 Å². The molecule has 19 heavy (non-hydrogen) atoms. The van der Waals surface area contributed by atoms with Crippen molar-refractivity contribution in [1.29, 1.82) is 0 Å². The summed E-state index contributed by atoms with van der Waals surface area (Å²) in [4.78, 5) is 2.41. The van der Waals surface area contributed by atoms with Gasteiger partial charge in [0.05, 0.1) is 0 Å². The van der Waals surface area contributed by atoms with E-state index in [1.807, 2.05) is 0 Å². The van der Waals surface area contributed by atoms with Gasteiger partial charge in [-0.15, -0.1) is 0 Å². The van der Waals surface area contributed by atoms with Gasteiger partial charge in [0.1, 0.15) is 0 Å². The molecule has 1 aromatic rings. The smallest absolute Gasteiger partial charge is 0.00189 e. The number of unbranched alkanes of at least 4 members (excludes halogenated alkanes) is 1. The molecule has 108 valence electrons. The van der Waals surface area contributed by atoms with Gasteiger partial charge in [-0.25, -0.2) is 0 Å². The summed E-state index contributed by atoms with van der Waals surface area (Å²) in [6, 6.07) is 6.90. The van der Waals surface area contributed by atoms with Gasteiger partial charge in [0.2, 0.25) is 0 Å². The molecular weight excluding hydrogens is 232 g/mol. The molecule has 0 aliphatic rings. The Morgan fingerprint density at radius 3 is 2.53 bits per heavy atom. The standard InChI is InChI=1S/C17H30N2/c1-14(2)16-8-7-15(3)17(13-16)9-12-19(4)11-6-5-10-18/h7-8,13-14H,5-6,9-12,18H2,1-4H3. The summed E-state index contributed by atoms with van der Waals surface area (Å²) < 4.78 is 0. The Bertz CT molecular complexity index is 372. The number of aryl methyl sites for hydroxylation is 1. The molecule has 0 unspecified atom stereocenters. The van der Waals surface area contributed by atoms with Crippen LogP contribution in [-0.2, 0) is 6.42 Å². The van der Waals surface area contributed by atoms with Crippen LogP contribution in [0.15, 0.2) is 18.2 Å². The van der Waals surface area contributed by atoms with Gasteiger partial charge < -0.3 is 10.6 Å². The third-order valence-electron chi connectivity index (χ3n) is 3.80. The summed E-state index contributed by atoms with van der Waals surface area (Å²) in [5, 5.41) is 0. The van der Waals surface area contributed by atoms with Crippen molar-refractivity contribution in [1.82, 2.24) is 4.90 Å². The van der Waals surface area contributed by atoms with Crippen LogP contribution in [0.1, 0.15) is 49.3 Å². The highest BCUT2D eigenvalue weighted by Gasteiger charge is 2.05. The fourth-order valence-corrected chi connectivity index (χ4v) is 2.27. The lowest BCUT2D eigenvalue weighted by Gasteiger charge is -2.18. The van der Waals surface area contributed by atoms with E-state index in [2.05, 4.69) is 50.9 Å². The number of nitrogens with zero attached hydrogens (tertiary/aromatic N) is 1. The highest BCUT2D eigenvalue weighted by atomic mass is 15.1. The molecule has 1 rings (SSSR count). The third kappa shape index (κ3) is 5.75. The second kappa shape index (κ2) is 8.34. The topological polar surface area (TPSA) is 29.3 Å². The quantitative estimate of drug-likeness (QED) is 0.728. The molecule has 2 N–H and O–H groups in total. The SMILES string of the molecule is Cc1ccc(C(C)C)cc1CCN(C)CCCCN. The maximum absolute atomic E-state index is 5.53. The molecule has 0 aliphatic heterocycles. The van der Waals surface area contributed by atoms with Gasteiger partial charge in [0.15, 0.2) is 0 Å². The van der Waals surface area contributed by atoms with E-state index in [0.717, 1.165) is 32.5 Å². The van der Waals surface area contributed by atoms with Crippen LogP contribution in [0.4, 0.5) is 0 Å². The Hall–Kier alpha value is -0.860. The first-order valence-corrected chi connectivity index (χ1v) is 7.52. The summed E-state index contributed by atoms with van der Waals surface area (Å²) in [7, 11) is 2.21. The summed E-state index contributed by atoms with van der Waals surface area (Å²) in [5.41, 5.74) is 9.89. The van der Waals surface area contributed by atoms with Crippen LogP contribution < -0.4 is 5.73 Å². The van der Waals surface area contributed by atoms with Crippen LogP contribution in [0.5, 0.6) is 0 Å². The lowest BCUT2D eigenvalue weighted by molar-refractivity contribution is 0.330. The highest BCUT2D eigenvalue weighted by molar-refractivity contribution is 5.32. The van der Waals surface area contributed by atoms with Gasteiger partial charge in [0, 0.05) is 6.54 Å². The minimum Gasteiger partial charge on any atom is -0.330 e. The fourth-order valence-electron chi connectivity index (χ4n) is 2.27. The molecule has 0 fully saturated rings. The zero-order valence-electron chi connectivity index (χ0n) is 13.1. The van der Waals surface area contributed by atoms with Crippen molar-refractivity contribution >= 4 is 0 Å². The normalized spacial score (nSPS) is 11.5. The fraction of sp³-hybridized carbons (Fsp3) is 0.647. The maximum atomic E-state index is 5.53. The Morgan fingerprint density at radius 2 is 1.89 bits per heavy atom. The highest BCUT2D eigenvalue weighted by Crippen LogP contribution is 2.19. The van der Waals surface area contributed by atoms with Gasteiger partial charge in [-0.2, -0.15) is 0 Å². The van der Waals surface area contributed by atoms with E-state index in [4.69, 9.17) is 5.73 Å². The predicted octanol–water partition coefficient (Wildman–Crippen LogP) is 3.33. The van der Waals surface area contributed by atoms with Crippen LogP contribution in [0.3, 0.4) is 0 Å². The monoisotopic (exact) mass is 262 g/mol. The van der Waals surface area contributed by atoms with Crippen LogP contribution in [-0.4, -0.2) is 31.6 Å². The molecule has 2 heteroatoms. The Morgan fingerprint density at radius 1 is 1.16 bits per heavy atom. The molecule has 0 bridgehead atoms. The molecule has 0 saturated heterocycles. The number of likely N-dealkylation sites (N-methyl/N-ethyl adjacent to an activating group) is 1. The van der Waals surface area contributed by atoms with E-state index in [9.17, 15) is 0 Å². The van der Waals surface area contributed by atoms with Gasteiger partial charge in [0.25, 0.3) is 0 Å². The van der Waals surface area contributed by atoms with Crippen molar-refractivity contribution in [3.8, 4) is 0 Å². The molecule has 0 saturated carbocycles. The third-order valence-corrected chi connectivity index (χ3v) is 3.80.